The Balaban J connectivity index is 2.11. The lowest BCUT2D eigenvalue weighted by Crippen LogP contribution is -2.63. The van der Waals surface area contributed by atoms with Crippen LogP contribution in [0.15, 0.2) is 0 Å². The predicted octanol–water partition coefficient (Wildman–Crippen LogP) is 0.554. The molecular formula is C7H8O2. The third-order valence-corrected chi connectivity index (χ3v) is 2.61. The van der Waals surface area contributed by atoms with Crippen molar-refractivity contribution in [1.29, 1.82) is 0 Å². The zero-order valence-electron chi connectivity index (χ0n) is 5.09. The summed E-state index contributed by atoms with van der Waals surface area (Å²) in [5.41, 5.74) is -0.0815. The minimum Gasteiger partial charge on any atom is -0.303 e. The van der Waals surface area contributed by atoms with E-state index in [1.165, 1.54) is 0 Å². The van der Waals surface area contributed by atoms with Crippen molar-refractivity contribution in [3.63, 3.8) is 0 Å². The number of aldehydes is 2. The molecule has 0 unspecified atom stereocenters. The van der Waals surface area contributed by atoms with Gasteiger partial charge in [0.05, 0.1) is 0 Å². The Kier molecular flexibility index (Phi) is 0.632. The average Bonchev–Trinajstić information content (AvgIpc) is 1.62. The normalized spacial score (nSPS) is 52.9. The smallest absolute Gasteiger partial charge is 0.126 e. The van der Waals surface area contributed by atoms with Crippen molar-refractivity contribution in [2.75, 3.05) is 0 Å². The molecule has 3 saturated carbocycles. The van der Waals surface area contributed by atoms with Crippen molar-refractivity contribution in [2.45, 2.75) is 19.3 Å². The van der Waals surface area contributed by atoms with Crippen LogP contribution in [-0.2, 0) is 9.59 Å². The van der Waals surface area contributed by atoms with Gasteiger partial charge >= 0.3 is 0 Å². The maximum atomic E-state index is 10.3. The van der Waals surface area contributed by atoms with Crippen LogP contribution in [0.5, 0.6) is 0 Å². The molecule has 3 aliphatic rings. The Morgan fingerprint density at radius 1 is 0.889 bits per heavy atom. The summed E-state index contributed by atoms with van der Waals surface area (Å²) in [6, 6.07) is 0. The van der Waals surface area contributed by atoms with Crippen LogP contribution in [0.2, 0.25) is 0 Å². The quantitative estimate of drug-likeness (QED) is 0.504. The Hall–Kier alpha value is -0.660. The molecule has 0 aromatic rings. The van der Waals surface area contributed by atoms with Gasteiger partial charge in [-0.05, 0) is 19.3 Å². The summed E-state index contributed by atoms with van der Waals surface area (Å²) >= 11 is 0. The van der Waals surface area contributed by atoms with Crippen LogP contribution in [-0.4, -0.2) is 12.6 Å². The van der Waals surface area contributed by atoms with Crippen LogP contribution in [0.3, 0.4) is 0 Å². The Labute approximate surface area is 53.2 Å². The summed E-state index contributed by atoms with van der Waals surface area (Å²) in [5, 5.41) is 0. The number of hydrogen-bond acceptors (Lipinski definition) is 2. The molecule has 0 aromatic carbocycles. The summed E-state index contributed by atoms with van der Waals surface area (Å²) in [6.07, 6.45) is 4.50. The highest BCUT2D eigenvalue weighted by molar-refractivity contribution is 5.77. The Bertz CT molecular complexity index is 146. The highest BCUT2D eigenvalue weighted by Gasteiger charge is 2.67. The minimum absolute atomic E-state index is 0.0408. The standard InChI is InChI=1S/C7H8O2/c8-4-6-1-7(2-6,3-6)5-9/h4-5H,1-3H2. The van der Waals surface area contributed by atoms with Crippen molar-refractivity contribution in [1.82, 2.24) is 0 Å². The number of hydrogen-bond donors (Lipinski definition) is 0. The topological polar surface area (TPSA) is 34.1 Å². The van der Waals surface area contributed by atoms with E-state index < -0.39 is 0 Å². The second-order valence-corrected chi connectivity index (χ2v) is 3.49. The van der Waals surface area contributed by atoms with E-state index >= 15 is 0 Å². The summed E-state index contributed by atoms with van der Waals surface area (Å²) in [6.45, 7) is 0. The van der Waals surface area contributed by atoms with Gasteiger partial charge in [-0.1, -0.05) is 0 Å². The summed E-state index contributed by atoms with van der Waals surface area (Å²) in [4.78, 5) is 20.6. The van der Waals surface area contributed by atoms with Gasteiger partial charge < -0.3 is 9.59 Å². The van der Waals surface area contributed by atoms with E-state index in [1.54, 1.807) is 0 Å². The number of carbonyl (C=O) groups excluding carboxylic acids is 2. The molecular weight excluding hydrogens is 116 g/mol. The molecule has 0 atom stereocenters. The van der Waals surface area contributed by atoms with Crippen LogP contribution in [0, 0.1) is 10.8 Å². The molecule has 3 fully saturated rings. The van der Waals surface area contributed by atoms with E-state index in [0.29, 0.717) is 0 Å². The first-order chi connectivity index (χ1) is 4.24. The fourth-order valence-corrected chi connectivity index (χ4v) is 2.20. The highest BCUT2D eigenvalue weighted by Crippen LogP contribution is 2.71. The van der Waals surface area contributed by atoms with Crippen LogP contribution in [0.25, 0.3) is 0 Å². The van der Waals surface area contributed by atoms with Gasteiger partial charge in [0.15, 0.2) is 0 Å². The van der Waals surface area contributed by atoms with Crippen LogP contribution in [0.1, 0.15) is 19.3 Å². The van der Waals surface area contributed by atoms with Gasteiger partial charge in [-0.2, -0.15) is 0 Å². The summed E-state index contributed by atoms with van der Waals surface area (Å²) < 4.78 is 0. The van der Waals surface area contributed by atoms with Crippen molar-refractivity contribution in [2.24, 2.45) is 10.8 Å². The Morgan fingerprint density at radius 3 is 1.44 bits per heavy atom. The second-order valence-electron chi connectivity index (χ2n) is 3.49. The van der Waals surface area contributed by atoms with E-state index in [2.05, 4.69) is 0 Å². The van der Waals surface area contributed by atoms with Gasteiger partial charge in [0.25, 0.3) is 0 Å². The van der Waals surface area contributed by atoms with Gasteiger partial charge in [-0.15, -0.1) is 0 Å². The van der Waals surface area contributed by atoms with Gasteiger partial charge in [-0.25, -0.2) is 0 Å². The van der Waals surface area contributed by atoms with E-state index in [1.807, 2.05) is 0 Å². The lowest BCUT2D eigenvalue weighted by atomic mass is 9.36. The molecule has 2 bridgehead atoms. The van der Waals surface area contributed by atoms with Gasteiger partial charge in [0, 0.05) is 10.8 Å². The maximum absolute atomic E-state index is 10.3. The van der Waals surface area contributed by atoms with E-state index in [0.717, 1.165) is 31.8 Å². The van der Waals surface area contributed by atoms with E-state index in [9.17, 15) is 9.59 Å². The predicted molar refractivity (Wildman–Crippen MR) is 30.8 cm³/mol. The highest BCUT2D eigenvalue weighted by atomic mass is 16.1. The average molecular weight is 124 g/mol. The largest absolute Gasteiger partial charge is 0.303 e. The maximum Gasteiger partial charge on any atom is 0.126 e. The third kappa shape index (κ3) is 0.384. The first-order valence-electron chi connectivity index (χ1n) is 3.17. The Morgan fingerprint density at radius 2 is 1.22 bits per heavy atom. The summed E-state index contributed by atoms with van der Waals surface area (Å²) in [7, 11) is 0. The molecule has 0 N–H and O–H groups in total. The summed E-state index contributed by atoms with van der Waals surface area (Å²) in [5.74, 6) is 0. The van der Waals surface area contributed by atoms with Crippen molar-refractivity contribution < 1.29 is 9.59 Å². The first-order valence-corrected chi connectivity index (χ1v) is 3.17. The van der Waals surface area contributed by atoms with Gasteiger partial charge in [0.1, 0.15) is 12.6 Å². The van der Waals surface area contributed by atoms with Crippen LogP contribution in [0.4, 0.5) is 0 Å². The third-order valence-electron chi connectivity index (χ3n) is 2.61. The van der Waals surface area contributed by atoms with Crippen molar-refractivity contribution in [3.05, 3.63) is 0 Å². The lowest BCUT2D eigenvalue weighted by molar-refractivity contribution is -0.188. The molecule has 0 amide bonds. The molecule has 0 aromatic heterocycles. The van der Waals surface area contributed by atoms with Crippen LogP contribution < -0.4 is 0 Å². The minimum atomic E-state index is -0.0408. The van der Waals surface area contributed by atoms with Gasteiger partial charge in [0.2, 0.25) is 0 Å². The second kappa shape index (κ2) is 1.11. The van der Waals surface area contributed by atoms with E-state index in [-0.39, 0.29) is 10.8 Å². The molecule has 2 heteroatoms. The van der Waals surface area contributed by atoms with Crippen molar-refractivity contribution in [3.8, 4) is 0 Å². The molecule has 48 valence electrons. The molecule has 2 nitrogen and oxygen atoms in total. The lowest BCUT2D eigenvalue weighted by Gasteiger charge is -2.65. The fraction of sp³-hybridized carbons (Fsp3) is 0.714. The zero-order valence-corrected chi connectivity index (χ0v) is 5.09. The van der Waals surface area contributed by atoms with E-state index in [4.69, 9.17) is 0 Å². The molecule has 0 radical (unpaired) electrons. The molecule has 3 rings (SSSR count). The molecule has 3 aliphatic carbocycles. The molecule has 0 heterocycles. The van der Waals surface area contributed by atoms with Crippen LogP contribution >= 0.6 is 0 Å². The molecule has 0 aliphatic heterocycles. The number of rotatable bonds is 2. The monoisotopic (exact) mass is 124 g/mol. The number of carbonyl (C=O) groups is 2. The first kappa shape index (κ1) is 5.15. The van der Waals surface area contributed by atoms with Crippen molar-refractivity contribution >= 4 is 12.6 Å². The molecule has 0 spiro atoms. The van der Waals surface area contributed by atoms with Gasteiger partial charge in [-0.3, -0.25) is 0 Å². The fourth-order valence-electron chi connectivity index (χ4n) is 2.20. The molecule has 9 heavy (non-hydrogen) atoms. The molecule has 0 saturated heterocycles. The SMILES string of the molecule is O=CC12CC(C=O)(C1)C2. The zero-order chi connectivity index (χ0) is 6.54.